The second kappa shape index (κ2) is 5.99. The van der Waals surface area contributed by atoms with E-state index in [4.69, 9.17) is 34.3 Å². The van der Waals surface area contributed by atoms with Gasteiger partial charge in [-0.1, -0.05) is 48.1 Å². The summed E-state index contributed by atoms with van der Waals surface area (Å²) in [5, 5.41) is 0.488. The summed E-state index contributed by atoms with van der Waals surface area (Å²) in [6, 6.07) is 11.4. The monoisotopic (exact) mass is 295 g/mol. The lowest BCUT2D eigenvalue weighted by Crippen LogP contribution is -2.09. The number of nitrogens with two attached hydrogens (primary N) is 1. The molecular weight excluding hydrogens is 285 g/mol. The molecule has 2 rings (SSSR count). The van der Waals surface area contributed by atoms with Gasteiger partial charge in [0.2, 0.25) is 0 Å². The topological polar surface area (TPSA) is 35.2 Å². The van der Waals surface area contributed by atoms with Crippen LogP contribution in [0.15, 0.2) is 42.5 Å². The van der Waals surface area contributed by atoms with E-state index in [1.54, 1.807) is 36.4 Å². The van der Waals surface area contributed by atoms with E-state index in [-0.39, 0.29) is 17.3 Å². The lowest BCUT2D eigenvalue weighted by molar-refractivity contribution is 0.290. The van der Waals surface area contributed by atoms with E-state index in [1.807, 2.05) is 0 Å². The number of para-hydroxylation sites is 1. The Labute approximate surface area is 120 Å². The maximum absolute atomic E-state index is 13.4. The van der Waals surface area contributed by atoms with E-state index < -0.39 is 5.82 Å². The Morgan fingerprint density at radius 3 is 2.63 bits per heavy atom. The summed E-state index contributed by atoms with van der Waals surface area (Å²) in [7, 11) is 0. The maximum atomic E-state index is 13.4. The van der Waals surface area contributed by atoms with E-state index in [1.165, 1.54) is 6.07 Å². The highest BCUT2D eigenvalue weighted by atomic mass is 35.5. The van der Waals surface area contributed by atoms with Crippen molar-refractivity contribution in [2.24, 2.45) is 5.73 Å². The van der Waals surface area contributed by atoms with Crippen molar-refractivity contribution in [1.29, 1.82) is 0 Å². The van der Waals surface area contributed by atoms with Gasteiger partial charge in [0.1, 0.15) is 11.6 Å². The maximum Gasteiger partial charge on any atom is 0.165 e. The fraction of sp³-hybridized carbons (Fsp3) is 0.0714. The summed E-state index contributed by atoms with van der Waals surface area (Å²) in [5.41, 5.74) is 6.94. The first-order valence-corrected chi connectivity index (χ1v) is 6.32. The number of ether oxygens (including phenoxy) is 1. The van der Waals surface area contributed by atoms with Gasteiger partial charge in [-0.3, -0.25) is 0 Å². The van der Waals surface area contributed by atoms with Crippen LogP contribution in [0.1, 0.15) is 11.1 Å². The minimum Gasteiger partial charge on any atom is -0.486 e. The predicted octanol–water partition coefficient (Wildman–Crippen LogP) is 3.69. The lowest BCUT2D eigenvalue weighted by atomic mass is 10.1. The molecule has 0 radical (unpaired) electrons. The zero-order valence-corrected chi connectivity index (χ0v) is 11.5. The Hall–Kier alpha value is -1.65. The predicted molar refractivity (Wildman–Crippen MR) is 78.1 cm³/mol. The molecule has 2 nitrogen and oxygen atoms in total. The van der Waals surface area contributed by atoms with Crippen LogP contribution in [0.4, 0.5) is 4.39 Å². The van der Waals surface area contributed by atoms with Gasteiger partial charge in [-0.05, 0) is 18.2 Å². The van der Waals surface area contributed by atoms with Crippen molar-refractivity contribution < 1.29 is 9.13 Å². The molecular formula is C14H11ClFNOS. The van der Waals surface area contributed by atoms with Crippen molar-refractivity contribution in [3.8, 4) is 5.75 Å². The Morgan fingerprint density at radius 2 is 2.00 bits per heavy atom. The highest BCUT2D eigenvalue weighted by Crippen LogP contribution is 2.22. The number of hydrogen-bond acceptors (Lipinski definition) is 2. The van der Waals surface area contributed by atoms with E-state index in [9.17, 15) is 4.39 Å². The zero-order valence-electron chi connectivity index (χ0n) is 9.90. The second-order valence-corrected chi connectivity index (χ2v) is 4.74. The van der Waals surface area contributed by atoms with Crippen LogP contribution in [-0.4, -0.2) is 4.99 Å². The quantitative estimate of drug-likeness (QED) is 0.874. The molecule has 0 amide bonds. The van der Waals surface area contributed by atoms with Crippen molar-refractivity contribution in [2.45, 2.75) is 6.61 Å². The van der Waals surface area contributed by atoms with Crippen LogP contribution in [-0.2, 0) is 6.61 Å². The van der Waals surface area contributed by atoms with Gasteiger partial charge in [0.25, 0.3) is 0 Å². The first-order valence-electron chi connectivity index (χ1n) is 5.53. The van der Waals surface area contributed by atoms with Crippen LogP contribution in [0.25, 0.3) is 0 Å². The lowest BCUT2D eigenvalue weighted by Gasteiger charge is -2.09. The van der Waals surface area contributed by atoms with Crippen LogP contribution in [0.3, 0.4) is 0 Å². The SMILES string of the molecule is NC(=S)c1ccc(COc2ccccc2F)c(Cl)c1. The van der Waals surface area contributed by atoms with Gasteiger partial charge >= 0.3 is 0 Å². The average molecular weight is 296 g/mol. The number of hydrogen-bond donors (Lipinski definition) is 1. The third-order valence-corrected chi connectivity index (χ3v) is 3.14. The molecule has 2 aromatic rings. The number of benzene rings is 2. The van der Waals surface area contributed by atoms with Crippen LogP contribution in [0.5, 0.6) is 5.75 Å². The summed E-state index contributed by atoms with van der Waals surface area (Å²) in [6.45, 7) is 0.178. The molecule has 2 aromatic carbocycles. The van der Waals surface area contributed by atoms with Crippen LogP contribution in [0, 0.1) is 5.82 Å². The Morgan fingerprint density at radius 1 is 1.26 bits per heavy atom. The van der Waals surface area contributed by atoms with E-state index in [2.05, 4.69) is 0 Å². The standard InChI is InChI=1S/C14H11ClFNOS/c15-11-7-9(14(17)19)5-6-10(11)8-18-13-4-2-1-3-12(13)16/h1-7H,8H2,(H2,17,19). The number of halogens is 2. The minimum atomic E-state index is -0.404. The second-order valence-electron chi connectivity index (χ2n) is 3.89. The largest absolute Gasteiger partial charge is 0.486 e. The van der Waals surface area contributed by atoms with E-state index in [0.717, 1.165) is 5.56 Å². The van der Waals surface area contributed by atoms with Crippen LogP contribution in [0.2, 0.25) is 5.02 Å². The summed E-state index contributed by atoms with van der Waals surface area (Å²) < 4.78 is 18.8. The van der Waals surface area contributed by atoms with E-state index >= 15 is 0 Å². The summed E-state index contributed by atoms with van der Waals surface area (Å²) in [4.78, 5) is 0.281. The molecule has 0 aliphatic rings. The molecule has 0 heterocycles. The third-order valence-electron chi connectivity index (χ3n) is 2.56. The molecule has 0 aromatic heterocycles. The highest BCUT2D eigenvalue weighted by Gasteiger charge is 2.06. The van der Waals surface area contributed by atoms with Gasteiger partial charge in [0, 0.05) is 16.1 Å². The van der Waals surface area contributed by atoms with Gasteiger partial charge < -0.3 is 10.5 Å². The van der Waals surface area contributed by atoms with Crippen molar-refractivity contribution in [1.82, 2.24) is 0 Å². The molecule has 0 aliphatic carbocycles. The van der Waals surface area contributed by atoms with Gasteiger partial charge in [0.15, 0.2) is 11.6 Å². The summed E-state index contributed by atoms with van der Waals surface area (Å²) in [6.07, 6.45) is 0. The summed E-state index contributed by atoms with van der Waals surface area (Å²) in [5.74, 6) is -0.213. The van der Waals surface area contributed by atoms with Gasteiger partial charge in [0.05, 0.1) is 0 Å². The van der Waals surface area contributed by atoms with Gasteiger partial charge in [-0.2, -0.15) is 0 Å². The molecule has 0 aliphatic heterocycles. The first-order chi connectivity index (χ1) is 9.08. The molecule has 0 saturated heterocycles. The number of thiocarbonyl (C=S) groups is 1. The Bertz CT molecular complexity index is 618. The Balaban J connectivity index is 2.12. The average Bonchev–Trinajstić information content (AvgIpc) is 2.39. The molecule has 0 fully saturated rings. The van der Waals surface area contributed by atoms with Crippen molar-refractivity contribution in [2.75, 3.05) is 0 Å². The number of rotatable bonds is 4. The molecule has 0 bridgehead atoms. The smallest absolute Gasteiger partial charge is 0.165 e. The molecule has 0 spiro atoms. The van der Waals surface area contributed by atoms with Crippen molar-refractivity contribution in [3.05, 3.63) is 64.4 Å². The van der Waals surface area contributed by atoms with E-state index in [0.29, 0.717) is 10.6 Å². The van der Waals surface area contributed by atoms with Gasteiger partial charge in [-0.25, -0.2) is 4.39 Å². The minimum absolute atomic E-state index is 0.178. The highest BCUT2D eigenvalue weighted by molar-refractivity contribution is 7.80. The Kier molecular flexibility index (Phi) is 4.35. The normalized spacial score (nSPS) is 10.2. The zero-order chi connectivity index (χ0) is 13.8. The van der Waals surface area contributed by atoms with Crippen LogP contribution >= 0.6 is 23.8 Å². The fourth-order valence-electron chi connectivity index (χ4n) is 1.53. The molecule has 98 valence electrons. The van der Waals surface area contributed by atoms with Crippen molar-refractivity contribution >= 4 is 28.8 Å². The fourth-order valence-corrected chi connectivity index (χ4v) is 1.90. The third kappa shape index (κ3) is 3.43. The van der Waals surface area contributed by atoms with Crippen LogP contribution < -0.4 is 10.5 Å². The summed E-state index contributed by atoms with van der Waals surface area (Å²) >= 11 is 11.0. The van der Waals surface area contributed by atoms with Gasteiger partial charge in [-0.15, -0.1) is 0 Å². The molecule has 19 heavy (non-hydrogen) atoms. The molecule has 2 N–H and O–H groups in total. The molecule has 0 atom stereocenters. The molecule has 5 heteroatoms. The molecule has 0 unspecified atom stereocenters. The van der Waals surface area contributed by atoms with Crippen molar-refractivity contribution in [3.63, 3.8) is 0 Å². The molecule has 0 saturated carbocycles. The first kappa shape index (κ1) is 13.8.